The van der Waals surface area contributed by atoms with E-state index in [-0.39, 0.29) is 5.75 Å². The van der Waals surface area contributed by atoms with Gasteiger partial charge in [0.05, 0.1) is 7.11 Å². The molecule has 1 saturated heterocycles. The predicted octanol–water partition coefficient (Wildman–Crippen LogP) is 0.580. The lowest BCUT2D eigenvalue weighted by molar-refractivity contribution is 0.412. The number of methoxy groups -OCH3 is 1. The highest BCUT2D eigenvalue weighted by atomic mass is 16.5. The summed E-state index contributed by atoms with van der Waals surface area (Å²) < 4.78 is 4.86. The molecule has 0 bridgehead atoms. The summed E-state index contributed by atoms with van der Waals surface area (Å²) in [6, 6.07) is 6.57. The summed E-state index contributed by atoms with van der Waals surface area (Å²) >= 11 is 0. The smallest absolute Gasteiger partial charge is 0.119 e. The lowest BCUT2D eigenvalue weighted by atomic mass is 10.3. The quantitative estimate of drug-likeness (QED) is 0.634. The van der Waals surface area contributed by atoms with Crippen LogP contribution in [0.5, 0.6) is 11.5 Å². The van der Waals surface area contributed by atoms with Crippen molar-refractivity contribution in [1.82, 2.24) is 10.6 Å². The Balaban J connectivity index is 0.000000162. The van der Waals surface area contributed by atoms with Gasteiger partial charge < -0.3 is 20.5 Å². The van der Waals surface area contributed by atoms with E-state index >= 15 is 0 Å². The summed E-state index contributed by atoms with van der Waals surface area (Å²) in [6.07, 6.45) is 0. The minimum atomic E-state index is 0.260. The van der Waals surface area contributed by atoms with Crippen molar-refractivity contribution in [2.45, 2.75) is 0 Å². The van der Waals surface area contributed by atoms with E-state index in [1.54, 1.807) is 31.4 Å². The lowest BCUT2D eigenvalue weighted by Crippen LogP contribution is -2.39. The normalized spacial score (nSPS) is 15.0. The molecule has 1 aliphatic rings. The van der Waals surface area contributed by atoms with Crippen LogP contribution in [0.25, 0.3) is 0 Å². The molecule has 1 aromatic rings. The summed E-state index contributed by atoms with van der Waals surface area (Å²) in [4.78, 5) is 0. The van der Waals surface area contributed by atoms with Crippen LogP contribution in [-0.2, 0) is 0 Å². The van der Waals surface area contributed by atoms with Gasteiger partial charge in [-0.3, -0.25) is 0 Å². The molecule has 84 valence electrons. The molecule has 0 unspecified atom stereocenters. The summed E-state index contributed by atoms with van der Waals surface area (Å²) in [5.41, 5.74) is 0. The summed E-state index contributed by atoms with van der Waals surface area (Å²) in [6.45, 7) is 4.56. The first-order valence-electron chi connectivity index (χ1n) is 5.07. The van der Waals surface area contributed by atoms with Crippen LogP contribution in [0.1, 0.15) is 0 Å². The molecule has 1 aliphatic heterocycles. The van der Waals surface area contributed by atoms with Crippen molar-refractivity contribution >= 4 is 0 Å². The summed E-state index contributed by atoms with van der Waals surface area (Å²) in [5.74, 6) is 1.02. The van der Waals surface area contributed by atoms with Crippen LogP contribution in [0.3, 0.4) is 0 Å². The van der Waals surface area contributed by atoms with Gasteiger partial charge in [-0.2, -0.15) is 0 Å². The fourth-order valence-corrected chi connectivity index (χ4v) is 1.19. The van der Waals surface area contributed by atoms with Crippen molar-refractivity contribution in [2.75, 3.05) is 33.3 Å². The lowest BCUT2D eigenvalue weighted by Gasteiger charge is -2.11. The molecule has 4 heteroatoms. The van der Waals surface area contributed by atoms with Gasteiger partial charge in [-0.25, -0.2) is 0 Å². The number of hydrogen-bond donors (Lipinski definition) is 3. The van der Waals surface area contributed by atoms with Crippen molar-refractivity contribution < 1.29 is 9.84 Å². The Labute approximate surface area is 90.3 Å². The molecule has 3 N–H and O–H groups in total. The van der Waals surface area contributed by atoms with Crippen LogP contribution in [0.2, 0.25) is 0 Å². The minimum Gasteiger partial charge on any atom is -0.508 e. The number of benzene rings is 1. The molecule has 1 aromatic carbocycles. The van der Waals surface area contributed by atoms with E-state index in [9.17, 15) is 0 Å². The van der Waals surface area contributed by atoms with Gasteiger partial charge in [0.2, 0.25) is 0 Å². The van der Waals surface area contributed by atoms with Crippen molar-refractivity contribution in [3.05, 3.63) is 24.3 Å². The molecule has 0 aliphatic carbocycles. The molecule has 0 aromatic heterocycles. The van der Waals surface area contributed by atoms with Crippen LogP contribution in [0.15, 0.2) is 24.3 Å². The second-order valence-corrected chi connectivity index (χ2v) is 3.20. The first kappa shape index (κ1) is 11.8. The van der Waals surface area contributed by atoms with E-state index in [0.717, 1.165) is 31.9 Å². The molecule has 15 heavy (non-hydrogen) atoms. The first-order valence-corrected chi connectivity index (χ1v) is 5.07. The monoisotopic (exact) mass is 210 g/mol. The van der Waals surface area contributed by atoms with E-state index < -0.39 is 0 Å². The largest absolute Gasteiger partial charge is 0.508 e. The standard InChI is InChI=1S/C7H8O2.C4H10N2/c1-9-7-4-2-6(8)3-5-7;1-2-6-4-3-5-1/h2-5,8H,1H3;5-6H,1-4H2. The average molecular weight is 210 g/mol. The molecule has 0 radical (unpaired) electrons. The zero-order chi connectivity index (χ0) is 10.9. The number of ether oxygens (including phenoxy) is 1. The summed E-state index contributed by atoms with van der Waals surface area (Å²) in [5, 5.41) is 15.2. The first-order chi connectivity index (χ1) is 7.33. The zero-order valence-corrected chi connectivity index (χ0v) is 8.99. The maximum absolute atomic E-state index is 8.80. The van der Waals surface area contributed by atoms with Gasteiger partial charge in [-0.05, 0) is 24.3 Å². The van der Waals surface area contributed by atoms with Gasteiger partial charge in [-0.15, -0.1) is 0 Å². The number of nitrogens with one attached hydrogen (secondary N) is 2. The van der Waals surface area contributed by atoms with Gasteiger partial charge in [0.1, 0.15) is 11.5 Å². The number of aromatic hydroxyl groups is 1. The number of hydrogen-bond acceptors (Lipinski definition) is 4. The van der Waals surface area contributed by atoms with E-state index in [1.807, 2.05) is 0 Å². The predicted molar refractivity (Wildman–Crippen MR) is 60.4 cm³/mol. The molecular formula is C11H18N2O2. The van der Waals surface area contributed by atoms with Crippen LogP contribution >= 0.6 is 0 Å². The Kier molecular flexibility index (Phi) is 5.58. The highest BCUT2D eigenvalue weighted by molar-refractivity contribution is 5.29. The second-order valence-electron chi connectivity index (χ2n) is 3.20. The van der Waals surface area contributed by atoms with E-state index in [1.165, 1.54) is 0 Å². The Morgan fingerprint density at radius 3 is 1.80 bits per heavy atom. The third kappa shape index (κ3) is 5.24. The number of piperazine rings is 1. The molecule has 0 spiro atoms. The Hall–Kier alpha value is -1.26. The second kappa shape index (κ2) is 7.09. The number of phenols is 1. The van der Waals surface area contributed by atoms with Gasteiger partial charge in [0.25, 0.3) is 0 Å². The molecule has 1 fully saturated rings. The molecule has 4 nitrogen and oxygen atoms in total. The molecule has 0 amide bonds. The topological polar surface area (TPSA) is 53.5 Å². The molecular weight excluding hydrogens is 192 g/mol. The Morgan fingerprint density at radius 1 is 1.00 bits per heavy atom. The molecule has 2 rings (SSSR count). The van der Waals surface area contributed by atoms with E-state index in [2.05, 4.69) is 10.6 Å². The molecule has 0 atom stereocenters. The maximum atomic E-state index is 8.80. The molecule has 1 heterocycles. The SMILES string of the molecule is C1CNCCN1.COc1ccc(O)cc1. The van der Waals surface area contributed by atoms with Gasteiger partial charge >= 0.3 is 0 Å². The van der Waals surface area contributed by atoms with Crippen LogP contribution in [-0.4, -0.2) is 38.4 Å². The third-order valence-electron chi connectivity index (χ3n) is 2.03. The fourth-order valence-electron chi connectivity index (χ4n) is 1.19. The highest BCUT2D eigenvalue weighted by Gasteiger charge is 1.91. The molecule has 0 saturated carbocycles. The highest BCUT2D eigenvalue weighted by Crippen LogP contribution is 2.14. The Bertz CT molecular complexity index is 246. The van der Waals surface area contributed by atoms with Crippen LogP contribution < -0.4 is 15.4 Å². The van der Waals surface area contributed by atoms with Crippen LogP contribution in [0.4, 0.5) is 0 Å². The Morgan fingerprint density at radius 2 is 1.47 bits per heavy atom. The van der Waals surface area contributed by atoms with Gasteiger partial charge in [0.15, 0.2) is 0 Å². The van der Waals surface area contributed by atoms with E-state index in [4.69, 9.17) is 9.84 Å². The summed E-state index contributed by atoms with van der Waals surface area (Å²) in [7, 11) is 1.59. The van der Waals surface area contributed by atoms with Crippen molar-refractivity contribution in [2.24, 2.45) is 0 Å². The third-order valence-corrected chi connectivity index (χ3v) is 2.03. The van der Waals surface area contributed by atoms with Gasteiger partial charge in [-0.1, -0.05) is 0 Å². The minimum absolute atomic E-state index is 0.260. The zero-order valence-electron chi connectivity index (χ0n) is 8.99. The fraction of sp³-hybridized carbons (Fsp3) is 0.455. The van der Waals surface area contributed by atoms with E-state index in [0.29, 0.717) is 0 Å². The average Bonchev–Trinajstić information content (AvgIpc) is 2.33. The number of phenolic OH excluding ortho intramolecular Hbond substituents is 1. The number of rotatable bonds is 1. The van der Waals surface area contributed by atoms with Crippen molar-refractivity contribution in [3.8, 4) is 11.5 Å². The van der Waals surface area contributed by atoms with Crippen LogP contribution in [0, 0.1) is 0 Å². The maximum Gasteiger partial charge on any atom is 0.119 e. The van der Waals surface area contributed by atoms with Crippen molar-refractivity contribution in [1.29, 1.82) is 0 Å². The van der Waals surface area contributed by atoms with Crippen molar-refractivity contribution in [3.63, 3.8) is 0 Å². The van der Waals surface area contributed by atoms with Gasteiger partial charge in [0, 0.05) is 26.2 Å².